The largest absolute Gasteiger partial charge is 0.463 e. The molecule has 3 nitrogen and oxygen atoms in total. The Morgan fingerprint density at radius 3 is 2.80 bits per heavy atom. The number of ether oxygens (including phenoxy) is 2. The third-order valence-electron chi connectivity index (χ3n) is 3.15. The smallest absolute Gasteiger partial charge is 0.337 e. The van der Waals surface area contributed by atoms with Crippen LogP contribution in [0.15, 0.2) is 23.3 Å². The van der Waals surface area contributed by atoms with Crippen molar-refractivity contribution in [1.82, 2.24) is 0 Å². The summed E-state index contributed by atoms with van der Waals surface area (Å²) in [5.74, 6) is -0.241. The zero-order valence-electron chi connectivity index (χ0n) is 9.37. The van der Waals surface area contributed by atoms with Crippen molar-refractivity contribution in [3.63, 3.8) is 0 Å². The van der Waals surface area contributed by atoms with E-state index < -0.39 is 5.60 Å². The van der Waals surface area contributed by atoms with Crippen LogP contribution in [0.3, 0.4) is 0 Å². The second-order valence-electron chi connectivity index (χ2n) is 3.91. The maximum Gasteiger partial charge on any atom is 0.337 e. The fourth-order valence-corrected chi connectivity index (χ4v) is 2.39. The van der Waals surface area contributed by atoms with Gasteiger partial charge in [0.25, 0.3) is 0 Å². The molecule has 0 fully saturated rings. The van der Waals surface area contributed by atoms with E-state index in [1.54, 1.807) is 0 Å². The van der Waals surface area contributed by atoms with E-state index in [0.29, 0.717) is 12.2 Å². The molecule has 0 radical (unpaired) electrons. The molecule has 2 aliphatic rings. The number of esters is 1. The van der Waals surface area contributed by atoms with E-state index in [1.165, 1.54) is 0 Å². The molecule has 0 aromatic heterocycles. The van der Waals surface area contributed by atoms with E-state index in [9.17, 15) is 4.79 Å². The highest BCUT2D eigenvalue weighted by molar-refractivity contribution is 5.93. The Morgan fingerprint density at radius 1 is 1.53 bits per heavy atom. The quantitative estimate of drug-likeness (QED) is 0.525. The van der Waals surface area contributed by atoms with Gasteiger partial charge in [-0.15, -0.1) is 0 Å². The first kappa shape index (κ1) is 10.4. The monoisotopic (exact) mass is 208 g/mol. The lowest BCUT2D eigenvalue weighted by atomic mass is 9.83. The summed E-state index contributed by atoms with van der Waals surface area (Å²) in [6.45, 7) is 6.26. The Bertz CT molecular complexity index is 354. The van der Waals surface area contributed by atoms with E-state index in [1.807, 2.05) is 26.8 Å². The van der Waals surface area contributed by atoms with Gasteiger partial charge >= 0.3 is 5.97 Å². The molecule has 82 valence electrons. The zero-order valence-corrected chi connectivity index (χ0v) is 9.37. The molecule has 2 heterocycles. The second kappa shape index (κ2) is 3.49. The van der Waals surface area contributed by atoms with E-state index >= 15 is 0 Å². The summed E-state index contributed by atoms with van der Waals surface area (Å²) in [4.78, 5) is 11.7. The van der Waals surface area contributed by atoms with Crippen molar-refractivity contribution in [2.45, 2.75) is 38.9 Å². The van der Waals surface area contributed by atoms with Crippen molar-refractivity contribution in [3.05, 3.63) is 23.3 Å². The molecule has 0 aromatic rings. The van der Waals surface area contributed by atoms with E-state index in [-0.39, 0.29) is 12.1 Å². The lowest BCUT2D eigenvalue weighted by molar-refractivity contribution is -0.140. The minimum Gasteiger partial charge on any atom is -0.463 e. The maximum atomic E-state index is 11.7. The summed E-state index contributed by atoms with van der Waals surface area (Å²) in [5.41, 5.74) is 1.30. The van der Waals surface area contributed by atoms with E-state index in [4.69, 9.17) is 9.47 Å². The van der Waals surface area contributed by atoms with Gasteiger partial charge in [0.1, 0.15) is 5.60 Å². The standard InChI is InChI=1S/C12H16O3/c1-4-12-8(3)6-9(15-12)7-10(12)11(13)14-5-2/h6-7,9H,4-5H2,1-3H3/t9-,12+/m1/s1. The number of hydrogen-bond donors (Lipinski definition) is 0. The van der Waals surface area contributed by atoms with Crippen LogP contribution in [0.4, 0.5) is 0 Å². The topological polar surface area (TPSA) is 35.5 Å². The number of carbonyl (C=O) groups excluding carboxylic acids is 1. The highest BCUT2D eigenvalue weighted by atomic mass is 16.5. The molecule has 2 aliphatic heterocycles. The molecule has 0 unspecified atom stereocenters. The number of fused-ring (bicyclic) bond motifs is 2. The molecule has 2 bridgehead atoms. The van der Waals surface area contributed by atoms with E-state index in [0.717, 1.165) is 12.0 Å². The lowest BCUT2D eigenvalue weighted by Crippen LogP contribution is -2.34. The summed E-state index contributed by atoms with van der Waals surface area (Å²) in [5, 5.41) is 0. The van der Waals surface area contributed by atoms with Gasteiger partial charge in [0.15, 0.2) is 0 Å². The van der Waals surface area contributed by atoms with Crippen LogP contribution in [0.1, 0.15) is 27.2 Å². The van der Waals surface area contributed by atoms with Crippen molar-refractivity contribution in [2.24, 2.45) is 0 Å². The summed E-state index contributed by atoms with van der Waals surface area (Å²) in [6, 6.07) is 0. The van der Waals surface area contributed by atoms with Crippen LogP contribution in [0, 0.1) is 0 Å². The zero-order chi connectivity index (χ0) is 11.1. The van der Waals surface area contributed by atoms with Gasteiger partial charge in [0.05, 0.1) is 18.3 Å². The van der Waals surface area contributed by atoms with Crippen LogP contribution in [0.2, 0.25) is 0 Å². The fourth-order valence-electron chi connectivity index (χ4n) is 2.39. The van der Waals surface area contributed by atoms with Crippen molar-refractivity contribution in [3.8, 4) is 0 Å². The third kappa shape index (κ3) is 1.34. The van der Waals surface area contributed by atoms with Gasteiger partial charge in [-0.05, 0) is 38.0 Å². The van der Waals surface area contributed by atoms with Crippen molar-refractivity contribution < 1.29 is 14.3 Å². The van der Waals surface area contributed by atoms with Crippen LogP contribution in [-0.2, 0) is 14.3 Å². The predicted octanol–water partition coefficient (Wildman–Crippen LogP) is 1.98. The normalized spacial score (nSPS) is 32.6. The Labute approximate surface area is 89.8 Å². The Hall–Kier alpha value is -1.09. The summed E-state index contributed by atoms with van der Waals surface area (Å²) in [6.07, 6.45) is 4.67. The third-order valence-corrected chi connectivity index (χ3v) is 3.15. The van der Waals surface area contributed by atoms with Gasteiger partial charge in [-0.25, -0.2) is 4.79 Å². The van der Waals surface area contributed by atoms with Crippen LogP contribution in [-0.4, -0.2) is 24.3 Å². The molecule has 3 heteroatoms. The van der Waals surface area contributed by atoms with Crippen LogP contribution in [0.25, 0.3) is 0 Å². The lowest BCUT2D eigenvalue weighted by Gasteiger charge is -2.27. The van der Waals surface area contributed by atoms with Gasteiger partial charge in [-0.3, -0.25) is 0 Å². The summed E-state index contributed by atoms with van der Waals surface area (Å²) in [7, 11) is 0. The molecule has 0 aliphatic carbocycles. The van der Waals surface area contributed by atoms with Gasteiger partial charge in [0, 0.05) is 0 Å². The first-order valence-corrected chi connectivity index (χ1v) is 5.40. The highest BCUT2D eigenvalue weighted by Gasteiger charge is 2.50. The first-order chi connectivity index (χ1) is 7.14. The fraction of sp³-hybridized carbons (Fsp3) is 0.583. The minimum absolute atomic E-state index is 0.0376. The molecule has 2 atom stereocenters. The molecule has 2 rings (SSSR count). The molecule has 0 spiro atoms. The van der Waals surface area contributed by atoms with Gasteiger partial charge in [-0.2, -0.15) is 0 Å². The average molecular weight is 208 g/mol. The molecule has 0 aromatic carbocycles. The summed E-state index contributed by atoms with van der Waals surface area (Å²) >= 11 is 0. The molecule has 0 amide bonds. The molecule has 0 N–H and O–H groups in total. The molecule has 0 saturated carbocycles. The molecular formula is C12H16O3. The Morgan fingerprint density at radius 2 is 2.27 bits per heavy atom. The number of carbonyl (C=O) groups is 1. The van der Waals surface area contributed by atoms with Gasteiger partial charge in [-0.1, -0.05) is 6.92 Å². The molecule has 15 heavy (non-hydrogen) atoms. The molecule has 0 saturated heterocycles. The van der Waals surface area contributed by atoms with Crippen molar-refractivity contribution in [1.29, 1.82) is 0 Å². The van der Waals surface area contributed by atoms with Crippen LogP contribution in [0.5, 0.6) is 0 Å². The minimum atomic E-state index is -0.503. The van der Waals surface area contributed by atoms with E-state index in [2.05, 4.69) is 6.08 Å². The van der Waals surface area contributed by atoms with Gasteiger partial charge in [0.2, 0.25) is 0 Å². The van der Waals surface area contributed by atoms with Crippen molar-refractivity contribution in [2.75, 3.05) is 6.61 Å². The average Bonchev–Trinajstić information content (AvgIpc) is 2.72. The van der Waals surface area contributed by atoms with Crippen LogP contribution >= 0.6 is 0 Å². The van der Waals surface area contributed by atoms with Gasteiger partial charge < -0.3 is 9.47 Å². The Balaban J connectivity index is 2.29. The molecular weight excluding hydrogens is 192 g/mol. The summed E-state index contributed by atoms with van der Waals surface area (Å²) < 4.78 is 10.9. The first-order valence-electron chi connectivity index (χ1n) is 5.40. The van der Waals surface area contributed by atoms with Crippen molar-refractivity contribution >= 4 is 5.97 Å². The number of hydrogen-bond acceptors (Lipinski definition) is 3. The Kier molecular flexibility index (Phi) is 2.43. The van der Waals surface area contributed by atoms with Crippen LogP contribution < -0.4 is 0 Å². The second-order valence-corrected chi connectivity index (χ2v) is 3.91. The SMILES string of the molecule is CCOC(=O)C1=C[C@H]2C=C(C)[C@]1(CC)O2. The highest BCUT2D eigenvalue weighted by Crippen LogP contribution is 2.46. The maximum absolute atomic E-state index is 11.7. The number of rotatable bonds is 3. The predicted molar refractivity (Wildman–Crippen MR) is 56.4 cm³/mol.